The van der Waals surface area contributed by atoms with Crippen molar-refractivity contribution in [3.05, 3.63) is 10.4 Å². The molecule has 1 atom stereocenters. The zero-order chi connectivity index (χ0) is 11.1. The standard InChI is InChI=1S/C9H16N4O2/c1-15-7-8-4-2-3-5-13(8)9(14)6-11-12-10/h8H,2-7H2,1H3/t8-/m1/s1. The summed E-state index contributed by atoms with van der Waals surface area (Å²) in [5.41, 5.74) is 8.15. The van der Waals surface area contributed by atoms with Crippen LogP contribution < -0.4 is 0 Å². The number of methoxy groups -OCH3 is 1. The molecule has 0 N–H and O–H groups in total. The van der Waals surface area contributed by atoms with Crippen molar-refractivity contribution in [2.45, 2.75) is 25.3 Å². The third-order valence-electron chi connectivity index (χ3n) is 2.58. The highest BCUT2D eigenvalue weighted by atomic mass is 16.5. The van der Waals surface area contributed by atoms with Gasteiger partial charge in [-0.15, -0.1) is 0 Å². The third kappa shape index (κ3) is 3.42. The van der Waals surface area contributed by atoms with Gasteiger partial charge in [0.1, 0.15) is 6.54 Å². The van der Waals surface area contributed by atoms with E-state index in [9.17, 15) is 4.79 Å². The van der Waals surface area contributed by atoms with Gasteiger partial charge in [-0.2, -0.15) is 0 Å². The topological polar surface area (TPSA) is 78.3 Å². The Hall–Kier alpha value is -1.26. The number of carbonyl (C=O) groups excluding carboxylic acids is 1. The molecule has 0 aromatic rings. The lowest BCUT2D eigenvalue weighted by Crippen LogP contribution is -2.46. The maximum atomic E-state index is 11.6. The maximum Gasteiger partial charge on any atom is 0.228 e. The summed E-state index contributed by atoms with van der Waals surface area (Å²) >= 11 is 0. The lowest BCUT2D eigenvalue weighted by Gasteiger charge is -2.35. The first-order chi connectivity index (χ1) is 7.29. The average Bonchev–Trinajstić information content (AvgIpc) is 2.27. The van der Waals surface area contributed by atoms with Crippen LogP contribution in [0.2, 0.25) is 0 Å². The molecule has 84 valence electrons. The van der Waals surface area contributed by atoms with E-state index in [1.165, 1.54) is 0 Å². The van der Waals surface area contributed by atoms with Gasteiger partial charge in [-0.3, -0.25) is 4.79 Å². The van der Waals surface area contributed by atoms with E-state index in [1.807, 2.05) is 0 Å². The Morgan fingerprint density at radius 1 is 1.67 bits per heavy atom. The molecule has 6 nitrogen and oxygen atoms in total. The highest BCUT2D eigenvalue weighted by Crippen LogP contribution is 2.17. The van der Waals surface area contributed by atoms with Gasteiger partial charge in [0.05, 0.1) is 12.6 Å². The molecule has 0 aromatic carbocycles. The molecular formula is C9H16N4O2. The quantitative estimate of drug-likeness (QED) is 0.400. The fourth-order valence-electron chi connectivity index (χ4n) is 1.88. The molecule has 1 amide bonds. The summed E-state index contributed by atoms with van der Waals surface area (Å²) in [6.45, 7) is 1.21. The van der Waals surface area contributed by atoms with Gasteiger partial charge in [0, 0.05) is 18.6 Å². The summed E-state index contributed by atoms with van der Waals surface area (Å²) < 4.78 is 5.07. The molecule has 6 heteroatoms. The van der Waals surface area contributed by atoms with Crippen molar-refractivity contribution in [1.29, 1.82) is 0 Å². The molecular weight excluding hydrogens is 196 g/mol. The van der Waals surface area contributed by atoms with Crippen LogP contribution in [0, 0.1) is 0 Å². The van der Waals surface area contributed by atoms with Crippen molar-refractivity contribution < 1.29 is 9.53 Å². The van der Waals surface area contributed by atoms with Crippen molar-refractivity contribution in [2.24, 2.45) is 5.11 Å². The Kier molecular flexibility index (Phi) is 4.93. The molecule has 0 aliphatic carbocycles. The van der Waals surface area contributed by atoms with Crippen LogP contribution in [-0.2, 0) is 9.53 Å². The Labute approximate surface area is 88.8 Å². The number of amides is 1. The van der Waals surface area contributed by atoms with Gasteiger partial charge >= 0.3 is 0 Å². The summed E-state index contributed by atoms with van der Waals surface area (Å²) in [4.78, 5) is 16.0. The molecule has 0 aromatic heterocycles. The van der Waals surface area contributed by atoms with Crippen molar-refractivity contribution in [1.82, 2.24) is 4.90 Å². The van der Waals surface area contributed by atoms with Gasteiger partial charge in [0.25, 0.3) is 0 Å². The number of azide groups is 1. The van der Waals surface area contributed by atoms with Crippen LogP contribution in [-0.4, -0.2) is 43.7 Å². The van der Waals surface area contributed by atoms with Crippen molar-refractivity contribution in [3.63, 3.8) is 0 Å². The zero-order valence-electron chi connectivity index (χ0n) is 8.93. The van der Waals surface area contributed by atoms with Gasteiger partial charge in [0.2, 0.25) is 5.91 Å². The van der Waals surface area contributed by atoms with Gasteiger partial charge in [0.15, 0.2) is 0 Å². The number of hydrogen-bond acceptors (Lipinski definition) is 3. The minimum Gasteiger partial charge on any atom is -0.383 e. The fraction of sp³-hybridized carbons (Fsp3) is 0.889. The molecule has 1 aliphatic rings. The van der Waals surface area contributed by atoms with Crippen LogP contribution in [0.15, 0.2) is 5.11 Å². The molecule has 0 radical (unpaired) electrons. The van der Waals surface area contributed by atoms with E-state index in [0.717, 1.165) is 25.8 Å². The van der Waals surface area contributed by atoms with Crippen LogP contribution in [0.3, 0.4) is 0 Å². The molecule has 0 spiro atoms. The molecule has 1 heterocycles. The lowest BCUT2D eigenvalue weighted by molar-refractivity contribution is -0.134. The number of rotatable bonds is 4. The average molecular weight is 212 g/mol. The number of nitrogens with zero attached hydrogens (tertiary/aromatic N) is 4. The zero-order valence-corrected chi connectivity index (χ0v) is 8.93. The monoisotopic (exact) mass is 212 g/mol. The first-order valence-electron chi connectivity index (χ1n) is 5.09. The van der Waals surface area contributed by atoms with Crippen molar-refractivity contribution >= 4 is 5.91 Å². The van der Waals surface area contributed by atoms with Gasteiger partial charge < -0.3 is 9.64 Å². The highest BCUT2D eigenvalue weighted by molar-refractivity contribution is 5.78. The van der Waals surface area contributed by atoms with Crippen LogP contribution in [0.1, 0.15) is 19.3 Å². The largest absolute Gasteiger partial charge is 0.383 e. The summed E-state index contributed by atoms with van der Waals surface area (Å²) in [7, 11) is 1.63. The van der Waals surface area contributed by atoms with E-state index in [-0.39, 0.29) is 18.5 Å². The number of hydrogen-bond donors (Lipinski definition) is 0. The predicted molar refractivity (Wildman–Crippen MR) is 55.2 cm³/mol. The van der Waals surface area contributed by atoms with Gasteiger partial charge in [-0.1, -0.05) is 5.11 Å². The minimum absolute atomic E-state index is 0.0866. The number of likely N-dealkylation sites (tertiary alicyclic amines) is 1. The normalized spacial score (nSPS) is 20.9. The molecule has 0 saturated carbocycles. The molecule has 0 unspecified atom stereocenters. The van der Waals surface area contributed by atoms with E-state index >= 15 is 0 Å². The predicted octanol–water partition coefficient (Wildman–Crippen LogP) is 1.32. The fourth-order valence-corrected chi connectivity index (χ4v) is 1.88. The minimum atomic E-state index is -0.102. The summed E-state index contributed by atoms with van der Waals surface area (Å²) in [6.07, 6.45) is 3.11. The Bertz CT molecular complexity index is 261. The van der Waals surface area contributed by atoms with E-state index in [0.29, 0.717) is 6.61 Å². The van der Waals surface area contributed by atoms with Crippen molar-refractivity contribution in [3.8, 4) is 0 Å². The molecule has 1 rings (SSSR count). The number of ether oxygens (including phenoxy) is 1. The van der Waals surface area contributed by atoms with Gasteiger partial charge in [-0.25, -0.2) is 0 Å². The van der Waals surface area contributed by atoms with Crippen LogP contribution in [0.5, 0.6) is 0 Å². The van der Waals surface area contributed by atoms with E-state index in [1.54, 1.807) is 12.0 Å². The smallest absolute Gasteiger partial charge is 0.228 e. The first-order valence-corrected chi connectivity index (χ1v) is 5.09. The second-order valence-electron chi connectivity index (χ2n) is 3.58. The molecule has 1 aliphatic heterocycles. The third-order valence-corrected chi connectivity index (χ3v) is 2.58. The highest BCUT2D eigenvalue weighted by Gasteiger charge is 2.25. The Morgan fingerprint density at radius 2 is 2.47 bits per heavy atom. The van der Waals surface area contributed by atoms with Crippen LogP contribution in [0.4, 0.5) is 0 Å². The maximum absolute atomic E-state index is 11.6. The SMILES string of the molecule is COC[C@H]1CCCCN1C(=O)CN=[N+]=[N-]. The summed E-state index contributed by atoms with van der Waals surface area (Å²) in [5, 5.41) is 3.29. The van der Waals surface area contributed by atoms with Crippen molar-refractivity contribution in [2.75, 3.05) is 26.8 Å². The second kappa shape index (κ2) is 6.27. The lowest BCUT2D eigenvalue weighted by atomic mass is 10.0. The molecule has 1 saturated heterocycles. The number of piperidine rings is 1. The van der Waals surface area contributed by atoms with E-state index in [2.05, 4.69) is 10.0 Å². The molecule has 15 heavy (non-hydrogen) atoms. The molecule has 0 bridgehead atoms. The van der Waals surface area contributed by atoms with Crippen LogP contribution in [0.25, 0.3) is 10.4 Å². The van der Waals surface area contributed by atoms with E-state index < -0.39 is 0 Å². The van der Waals surface area contributed by atoms with Gasteiger partial charge in [-0.05, 0) is 24.8 Å². The molecule has 1 fully saturated rings. The number of carbonyl (C=O) groups is 1. The Balaban J connectivity index is 2.54. The summed E-state index contributed by atoms with van der Waals surface area (Å²) in [5.74, 6) is -0.102. The van der Waals surface area contributed by atoms with Crippen LogP contribution >= 0.6 is 0 Å². The first kappa shape index (κ1) is 11.8. The summed E-state index contributed by atoms with van der Waals surface area (Å²) in [6, 6.07) is 0.144. The second-order valence-corrected chi connectivity index (χ2v) is 3.58. The van der Waals surface area contributed by atoms with E-state index in [4.69, 9.17) is 10.3 Å². The Morgan fingerprint density at radius 3 is 3.13 bits per heavy atom.